The number of fused-ring (bicyclic) bond motifs is 1. The van der Waals surface area contributed by atoms with E-state index in [-0.39, 0.29) is 5.91 Å². The van der Waals surface area contributed by atoms with Crippen molar-refractivity contribution in [2.45, 2.75) is 19.4 Å². The molecule has 0 bridgehead atoms. The summed E-state index contributed by atoms with van der Waals surface area (Å²) in [6, 6.07) is 10.8. The molecule has 0 aliphatic carbocycles. The van der Waals surface area contributed by atoms with Gasteiger partial charge in [-0.15, -0.1) is 0 Å². The molecule has 1 amide bonds. The number of ether oxygens (including phenoxy) is 1. The molecule has 3 rings (SSSR count). The predicted octanol–water partition coefficient (Wildman–Crippen LogP) is 3.17. The monoisotopic (exact) mass is 302 g/mol. The molecule has 0 fully saturated rings. The summed E-state index contributed by atoms with van der Waals surface area (Å²) in [5.74, 6) is 0.459. The Morgan fingerprint density at radius 3 is 2.90 bits per heavy atom. The maximum Gasteiger partial charge on any atom is 0.265 e. The van der Waals surface area contributed by atoms with Crippen molar-refractivity contribution in [3.05, 3.63) is 52.5 Å². The van der Waals surface area contributed by atoms with E-state index in [9.17, 15) is 4.79 Å². The SMILES string of the molecule is Cc1ccc(Cl)cc1CC1Oc2ccc(N)cc2NC1=O. The van der Waals surface area contributed by atoms with Crippen molar-refractivity contribution in [3.8, 4) is 5.75 Å². The number of halogens is 1. The van der Waals surface area contributed by atoms with Crippen LogP contribution < -0.4 is 15.8 Å². The van der Waals surface area contributed by atoms with Gasteiger partial charge in [-0.3, -0.25) is 4.79 Å². The lowest BCUT2D eigenvalue weighted by Crippen LogP contribution is -2.38. The Labute approximate surface area is 127 Å². The highest BCUT2D eigenvalue weighted by Crippen LogP contribution is 2.32. The smallest absolute Gasteiger partial charge is 0.265 e. The zero-order chi connectivity index (χ0) is 15.0. The maximum atomic E-state index is 12.2. The molecule has 0 aromatic heterocycles. The molecule has 5 heteroatoms. The number of nitrogens with one attached hydrogen (secondary N) is 1. The highest BCUT2D eigenvalue weighted by atomic mass is 35.5. The lowest BCUT2D eigenvalue weighted by molar-refractivity contribution is -0.123. The standard InChI is InChI=1S/C16H15ClN2O2/c1-9-2-3-11(17)6-10(9)7-15-16(20)19-13-8-12(18)4-5-14(13)21-15/h2-6,8,15H,7,18H2,1H3,(H,19,20). The molecule has 1 aliphatic rings. The van der Waals surface area contributed by atoms with Crippen LogP contribution in [0.15, 0.2) is 36.4 Å². The van der Waals surface area contributed by atoms with Crippen LogP contribution in [0.5, 0.6) is 5.75 Å². The molecule has 4 nitrogen and oxygen atoms in total. The van der Waals surface area contributed by atoms with Crippen molar-refractivity contribution in [2.75, 3.05) is 11.1 Å². The topological polar surface area (TPSA) is 64.3 Å². The van der Waals surface area contributed by atoms with E-state index in [1.807, 2.05) is 25.1 Å². The number of carbonyl (C=O) groups excluding carboxylic acids is 1. The quantitative estimate of drug-likeness (QED) is 0.838. The van der Waals surface area contributed by atoms with Gasteiger partial charge in [0.25, 0.3) is 5.91 Å². The molecule has 1 heterocycles. The van der Waals surface area contributed by atoms with Gasteiger partial charge >= 0.3 is 0 Å². The Balaban J connectivity index is 1.85. The van der Waals surface area contributed by atoms with Crippen molar-refractivity contribution in [1.29, 1.82) is 0 Å². The first kappa shape index (κ1) is 13.8. The summed E-state index contributed by atoms with van der Waals surface area (Å²) in [7, 11) is 0. The third-order valence-corrected chi connectivity index (χ3v) is 3.77. The number of benzene rings is 2. The molecule has 3 N–H and O–H groups in total. The Kier molecular flexibility index (Phi) is 3.47. The van der Waals surface area contributed by atoms with Gasteiger partial charge in [0, 0.05) is 17.1 Å². The number of amides is 1. The van der Waals surface area contributed by atoms with Crippen LogP contribution in [0.1, 0.15) is 11.1 Å². The third kappa shape index (κ3) is 2.81. The van der Waals surface area contributed by atoms with Crippen LogP contribution in [0.3, 0.4) is 0 Å². The highest BCUT2D eigenvalue weighted by Gasteiger charge is 2.28. The van der Waals surface area contributed by atoms with E-state index in [0.717, 1.165) is 11.1 Å². The van der Waals surface area contributed by atoms with Gasteiger partial charge in [0.1, 0.15) is 5.75 Å². The molecule has 1 aliphatic heterocycles. The predicted molar refractivity (Wildman–Crippen MR) is 83.8 cm³/mol. The lowest BCUT2D eigenvalue weighted by Gasteiger charge is -2.26. The van der Waals surface area contributed by atoms with E-state index in [4.69, 9.17) is 22.1 Å². The van der Waals surface area contributed by atoms with E-state index in [0.29, 0.717) is 28.6 Å². The molecule has 0 saturated carbocycles. The van der Waals surface area contributed by atoms with Crippen LogP contribution in [-0.4, -0.2) is 12.0 Å². The summed E-state index contributed by atoms with van der Waals surface area (Å²) in [4.78, 5) is 12.2. The number of nitrogens with two attached hydrogens (primary N) is 1. The molecule has 21 heavy (non-hydrogen) atoms. The van der Waals surface area contributed by atoms with E-state index in [1.54, 1.807) is 18.2 Å². The molecule has 2 aromatic carbocycles. The molecule has 108 valence electrons. The number of hydrogen-bond acceptors (Lipinski definition) is 3. The summed E-state index contributed by atoms with van der Waals surface area (Å²) in [6.07, 6.45) is -0.0968. The van der Waals surface area contributed by atoms with Crippen LogP contribution in [0.4, 0.5) is 11.4 Å². The van der Waals surface area contributed by atoms with E-state index < -0.39 is 6.10 Å². The second-order valence-corrected chi connectivity index (χ2v) is 5.56. The largest absolute Gasteiger partial charge is 0.478 e. The first-order chi connectivity index (χ1) is 10.0. The number of hydrogen-bond donors (Lipinski definition) is 2. The second-order valence-electron chi connectivity index (χ2n) is 5.13. The average Bonchev–Trinajstić information content (AvgIpc) is 2.44. The van der Waals surface area contributed by atoms with Crippen molar-refractivity contribution >= 4 is 28.9 Å². The molecular weight excluding hydrogens is 288 g/mol. The van der Waals surface area contributed by atoms with Gasteiger partial charge in [0.2, 0.25) is 0 Å². The molecule has 0 radical (unpaired) electrons. The van der Waals surface area contributed by atoms with Crippen LogP contribution >= 0.6 is 11.6 Å². The van der Waals surface area contributed by atoms with Crippen molar-refractivity contribution in [1.82, 2.24) is 0 Å². The third-order valence-electron chi connectivity index (χ3n) is 3.54. The Morgan fingerprint density at radius 2 is 2.10 bits per heavy atom. The van der Waals surface area contributed by atoms with Gasteiger partial charge in [0.15, 0.2) is 6.10 Å². The fourth-order valence-corrected chi connectivity index (χ4v) is 2.56. The van der Waals surface area contributed by atoms with Gasteiger partial charge in [-0.1, -0.05) is 17.7 Å². The summed E-state index contributed by atoms with van der Waals surface area (Å²) in [5.41, 5.74) is 8.98. The first-order valence-electron chi connectivity index (χ1n) is 6.65. The minimum Gasteiger partial charge on any atom is -0.478 e. The van der Waals surface area contributed by atoms with Gasteiger partial charge in [-0.25, -0.2) is 0 Å². The maximum absolute atomic E-state index is 12.2. The van der Waals surface area contributed by atoms with Gasteiger partial charge < -0.3 is 15.8 Å². The molecule has 1 unspecified atom stereocenters. The number of aryl methyl sites for hydroxylation is 1. The van der Waals surface area contributed by atoms with Gasteiger partial charge in [-0.2, -0.15) is 0 Å². The fraction of sp³-hybridized carbons (Fsp3) is 0.188. The summed E-state index contributed by atoms with van der Waals surface area (Å²) in [5, 5.41) is 3.48. The van der Waals surface area contributed by atoms with E-state index >= 15 is 0 Å². The Bertz CT molecular complexity index is 715. The van der Waals surface area contributed by atoms with Crippen LogP contribution in [0.25, 0.3) is 0 Å². The molecule has 0 spiro atoms. The Morgan fingerprint density at radius 1 is 1.29 bits per heavy atom. The molecule has 1 atom stereocenters. The lowest BCUT2D eigenvalue weighted by atomic mass is 10.0. The fourth-order valence-electron chi connectivity index (χ4n) is 2.36. The van der Waals surface area contributed by atoms with Gasteiger partial charge in [0.05, 0.1) is 5.69 Å². The Hall–Kier alpha value is -2.20. The van der Waals surface area contributed by atoms with Crippen molar-refractivity contribution in [2.24, 2.45) is 0 Å². The van der Waals surface area contributed by atoms with Gasteiger partial charge in [-0.05, 0) is 48.4 Å². The summed E-state index contributed by atoms with van der Waals surface area (Å²) < 4.78 is 5.79. The highest BCUT2D eigenvalue weighted by molar-refractivity contribution is 6.30. The minimum absolute atomic E-state index is 0.174. The minimum atomic E-state index is -0.571. The molecular formula is C16H15ClN2O2. The normalized spacial score (nSPS) is 16.9. The number of carbonyl (C=O) groups is 1. The number of anilines is 2. The number of rotatable bonds is 2. The van der Waals surface area contributed by atoms with Crippen LogP contribution in [-0.2, 0) is 11.2 Å². The first-order valence-corrected chi connectivity index (χ1v) is 7.03. The number of nitrogen functional groups attached to an aromatic ring is 1. The van der Waals surface area contributed by atoms with Crippen LogP contribution in [0, 0.1) is 6.92 Å². The van der Waals surface area contributed by atoms with Crippen molar-refractivity contribution in [3.63, 3.8) is 0 Å². The van der Waals surface area contributed by atoms with Crippen molar-refractivity contribution < 1.29 is 9.53 Å². The van der Waals surface area contributed by atoms with E-state index in [2.05, 4.69) is 5.32 Å². The average molecular weight is 303 g/mol. The zero-order valence-electron chi connectivity index (χ0n) is 11.5. The summed E-state index contributed by atoms with van der Waals surface area (Å²) >= 11 is 6.01. The van der Waals surface area contributed by atoms with Crippen LogP contribution in [0.2, 0.25) is 5.02 Å². The summed E-state index contributed by atoms with van der Waals surface area (Å²) in [6.45, 7) is 1.99. The second kappa shape index (κ2) is 5.30. The zero-order valence-corrected chi connectivity index (χ0v) is 12.3. The molecule has 2 aromatic rings. The molecule has 0 saturated heterocycles. The van der Waals surface area contributed by atoms with E-state index in [1.165, 1.54) is 0 Å².